The lowest BCUT2D eigenvalue weighted by Crippen LogP contribution is -2.43. The number of piperidine rings is 1. The third-order valence-corrected chi connectivity index (χ3v) is 6.80. The van der Waals surface area contributed by atoms with Crippen molar-refractivity contribution in [2.75, 3.05) is 37.8 Å². The van der Waals surface area contributed by atoms with E-state index in [2.05, 4.69) is 5.32 Å². The first-order chi connectivity index (χ1) is 13.4. The Morgan fingerprint density at radius 2 is 1.68 bits per heavy atom. The van der Waals surface area contributed by atoms with Gasteiger partial charge in [0.2, 0.25) is 15.9 Å². The van der Waals surface area contributed by atoms with Gasteiger partial charge in [0.05, 0.1) is 23.4 Å². The summed E-state index contributed by atoms with van der Waals surface area (Å²) in [5.74, 6) is -0.700. The van der Waals surface area contributed by atoms with Gasteiger partial charge < -0.3 is 10.2 Å². The second-order valence-electron chi connectivity index (χ2n) is 7.70. The van der Waals surface area contributed by atoms with E-state index in [0.29, 0.717) is 30.6 Å². The van der Waals surface area contributed by atoms with Crippen LogP contribution in [0.5, 0.6) is 0 Å². The fraction of sp³-hybridized carbons (Fsp3) is 0.600. The van der Waals surface area contributed by atoms with Crippen LogP contribution in [0.2, 0.25) is 0 Å². The topological polar surface area (TPSA) is 86.8 Å². The number of sulfonamides is 1. The van der Waals surface area contributed by atoms with Crippen molar-refractivity contribution in [3.63, 3.8) is 0 Å². The summed E-state index contributed by atoms with van der Waals surface area (Å²) >= 11 is 0. The molecule has 1 N–H and O–H groups in total. The minimum atomic E-state index is -3.31. The van der Waals surface area contributed by atoms with Gasteiger partial charge in [-0.2, -0.15) is 0 Å². The smallest absolute Gasteiger partial charge is 0.255 e. The van der Waals surface area contributed by atoms with E-state index in [4.69, 9.17) is 0 Å². The van der Waals surface area contributed by atoms with Gasteiger partial charge in [0, 0.05) is 26.2 Å². The van der Waals surface area contributed by atoms with Gasteiger partial charge in [-0.3, -0.25) is 9.59 Å². The van der Waals surface area contributed by atoms with Crippen molar-refractivity contribution in [2.45, 2.75) is 38.5 Å². The maximum atomic E-state index is 13.0. The minimum absolute atomic E-state index is 0.0563. The van der Waals surface area contributed by atoms with Crippen molar-refractivity contribution >= 4 is 27.5 Å². The molecule has 3 rings (SSSR count). The average molecular weight is 408 g/mol. The van der Waals surface area contributed by atoms with Crippen LogP contribution in [0.3, 0.4) is 0 Å². The summed E-state index contributed by atoms with van der Waals surface area (Å²) in [5, 5.41) is 2.88. The number of para-hydroxylation sites is 1. The van der Waals surface area contributed by atoms with Crippen molar-refractivity contribution in [2.24, 2.45) is 5.92 Å². The van der Waals surface area contributed by atoms with Crippen LogP contribution in [0.4, 0.5) is 5.69 Å². The largest absolute Gasteiger partial charge is 0.339 e. The number of benzene rings is 1. The molecule has 0 bridgehead atoms. The van der Waals surface area contributed by atoms with Gasteiger partial charge in [0.25, 0.3) is 5.91 Å². The minimum Gasteiger partial charge on any atom is -0.339 e. The van der Waals surface area contributed by atoms with Crippen LogP contribution in [-0.4, -0.2) is 61.9 Å². The van der Waals surface area contributed by atoms with E-state index in [-0.39, 0.29) is 18.4 Å². The Balaban J connectivity index is 1.72. The Hall–Kier alpha value is -1.93. The van der Waals surface area contributed by atoms with Gasteiger partial charge in [-0.15, -0.1) is 0 Å². The van der Waals surface area contributed by atoms with Crippen molar-refractivity contribution < 1.29 is 18.0 Å². The molecule has 154 valence electrons. The first-order valence-electron chi connectivity index (χ1n) is 10.0. The predicted octanol–water partition coefficient (Wildman–Crippen LogP) is 2.31. The van der Waals surface area contributed by atoms with Crippen LogP contribution in [0.25, 0.3) is 0 Å². The number of carbonyl (C=O) groups is 2. The lowest BCUT2D eigenvalue weighted by molar-refractivity contribution is -0.120. The number of carbonyl (C=O) groups excluding carboxylic acids is 2. The average Bonchev–Trinajstić information content (AvgIpc) is 2.97. The van der Waals surface area contributed by atoms with E-state index in [9.17, 15) is 18.0 Å². The first-order valence-corrected chi connectivity index (χ1v) is 11.9. The molecule has 1 atom stereocenters. The third-order valence-electron chi connectivity index (χ3n) is 5.53. The number of nitrogens with zero attached hydrogens (tertiary/aromatic N) is 2. The Bertz CT molecular complexity index is 816. The number of nitrogens with one attached hydrogen (secondary N) is 1. The van der Waals surface area contributed by atoms with Crippen LogP contribution < -0.4 is 5.32 Å². The number of likely N-dealkylation sites (tertiary alicyclic amines) is 1. The normalized spacial score (nSPS) is 21.8. The van der Waals surface area contributed by atoms with E-state index in [1.54, 1.807) is 24.3 Å². The summed E-state index contributed by atoms with van der Waals surface area (Å²) in [6.45, 7) is 2.12. The van der Waals surface area contributed by atoms with Crippen molar-refractivity contribution in [3.8, 4) is 0 Å². The summed E-state index contributed by atoms with van der Waals surface area (Å²) in [6, 6.07) is 7.07. The summed E-state index contributed by atoms with van der Waals surface area (Å²) in [6.07, 6.45) is 6.75. The maximum Gasteiger partial charge on any atom is 0.255 e. The predicted molar refractivity (Wildman–Crippen MR) is 109 cm³/mol. The molecule has 1 aromatic carbocycles. The summed E-state index contributed by atoms with van der Waals surface area (Å²) in [7, 11) is -3.31. The zero-order chi connectivity index (χ0) is 20.1. The summed E-state index contributed by atoms with van der Waals surface area (Å²) < 4.78 is 25.0. The SMILES string of the molecule is CS(=O)(=O)N1CCCC(C(=O)Nc2ccccc2C(=O)N2CCCCCC2)C1. The summed E-state index contributed by atoms with van der Waals surface area (Å²) in [5.41, 5.74) is 0.992. The van der Waals surface area contributed by atoms with Gasteiger partial charge in [-0.1, -0.05) is 25.0 Å². The van der Waals surface area contributed by atoms with E-state index < -0.39 is 15.9 Å². The van der Waals surface area contributed by atoms with Crippen LogP contribution in [0.15, 0.2) is 24.3 Å². The van der Waals surface area contributed by atoms with E-state index in [1.807, 2.05) is 4.90 Å². The molecule has 0 saturated carbocycles. The molecular formula is C20H29N3O4S. The molecule has 2 amide bonds. The Morgan fingerprint density at radius 3 is 2.36 bits per heavy atom. The first kappa shape index (κ1) is 20.8. The van der Waals surface area contributed by atoms with E-state index in [1.165, 1.54) is 10.6 Å². The molecule has 0 radical (unpaired) electrons. The molecule has 2 saturated heterocycles. The highest BCUT2D eigenvalue weighted by atomic mass is 32.2. The van der Waals surface area contributed by atoms with Gasteiger partial charge in [-0.05, 0) is 37.8 Å². The molecule has 7 nitrogen and oxygen atoms in total. The second-order valence-corrected chi connectivity index (χ2v) is 9.68. The van der Waals surface area contributed by atoms with Gasteiger partial charge in [-0.25, -0.2) is 12.7 Å². The van der Waals surface area contributed by atoms with Gasteiger partial charge in [0.1, 0.15) is 0 Å². The zero-order valence-corrected chi connectivity index (χ0v) is 17.2. The molecule has 2 heterocycles. The van der Waals surface area contributed by atoms with Crippen LogP contribution >= 0.6 is 0 Å². The Labute approximate surface area is 167 Å². The molecule has 0 aromatic heterocycles. The van der Waals surface area contributed by atoms with Crippen LogP contribution in [-0.2, 0) is 14.8 Å². The number of hydrogen-bond donors (Lipinski definition) is 1. The second kappa shape index (κ2) is 9.05. The van der Waals surface area contributed by atoms with Crippen molar-refractivity contribution in [1.29, 1.82) is 0 Å². The molecule has 1 unspecified atom stereocenters. The van der Waals surface area contributed by atoms with E-state index in [0.717, 1.165) is 38.8 Å². The standard InChI is InChI=1S/C20H29N3O4S/c1-28(26,27)23-14-8-9-16(15-23)19(24)21-18-11-5-4-10-17(18)20(25)22-12-6-2-3-7-13-22/h4-5,10-11,16H,2-3,6-9,12-15H2,1H3,(H,21,24). The lowest BCUT2D eigenvalue weighted by Gasteiger charge is -2.30. The molecule has 0 aliphatic carbocycles. The number of rotatable bonds is 4. The highest BCUT2D eigenvalue weighted by Gasteiger charge is 2.31. The quantitative estimate of drug-likeness (QED) is 0.830. The molecule has 28 heavy (non-hydrogen) atoms. The van der Waals surface area contributed by atoms with Crippen LogP contribution in [0, 0.1) is 5.92 Å². The van der Waals surface area contributed by atoms with E-state index >= 15 is 0 Å². The fourth-order valence-electron chi connectivity index (χ4n) is 3.92. The summed E-state index contributed by atoms with van der Waals surface area (Å²) in [4.78, 5) is 27.7. The molecule has 8 heteroatoms. The lowest BCUT2D eigenvalue weighted by atomic mass is 9.98. The fourth-order valence-corrected chi connectivity index (χ4v) is 4.83. The number of anilines is 1. The van der Waals surface area contributed by atoms with Gasteiger partial charge >= 0.3 is 0 Å². The third kappa shape index (κ3) is 5.11. The molecule has 2 aliphatic rings. The number of hydrogen-bond acceptors (Lipinski definition) is 4. The maximum absolute atomic E-state index is 13.0. The zero-order valence-electron chi connectivity index (χ0n) is 16.4. The highest BCUT2D eigenvalue weighted by Crippen LogP contribution is 2.23. The number of amides is 2. The molecule has 1 aromatic rings. The molecule has 2 fully saturated rings. The molecule has 2 aliphatic heterocycles. The molecule has 0 spiro atoms. The monoisotopic (exact) mass is 407 g/mol. The van der Waals surface area contributed by atoms with Gasteiger partial charge in [0.15, 0.2) is 0 Å². The Kier molecular flexibility index (Phi) is 6.72. The van der Waals surface area contributed by atoms with Crippen molar-refractivity contribution in [3.05, 3.63) is 29.8 Å². The molecular weight excluding hydrogens is 378 g/mol. The highest BCUT2D eigenvalue weighted by molar-refractivity contribution is 7.88. The Morgan fingerprint density at radius 1 is 1.00 bits per heavy atom. The van der Waals surface area contributed by atoms with Crippen LogP contribution in [0.1, 0.15) is 48.9 Å². The van der Waals surface area contributed by atoms with Crippen molar-refractivity contribution in [1.82, 2.24) is 9.21 Å².